The molecule has 0 aromatic heterocycles. The molecule has 0 bridgehead atoms. The molecule has 0 amide bonds. The van der Waals surface area contributed by atoms with Crippen molar-refractivity contribution in [2.45, 2.75) is 45.2 Å². The Hall–Kier alpha value is -0.385. The van der Waals surface area contributed by atoms with Crippen LogP contribution in [0.15, 0.2) is 22.7 Å². The van der Waals surface area contributed by atoms with Crippen LogP contribution >= 0.6 is 15.9 Å². The molecule has 0 radical (unpaired) electrons. The van der Waals surface area contributed by atoms with Crippen LogP contribution in [-0.2, 0) is 15.6 Å². The fourth-order valence-electron chi connectivity index (χ4n) is 1.91. The molecule has 2 nitrogen and oxygen atoms in total. The lowest BCUT2D eigenvalue weighted by atomic mass is 9.81. The number of hydrogen-bond acceptors (Lipinski definition) is 2. The summed E-state index contributed by atoms with van der Waals surface area (Å²) in [6.07, 6.45) is 0.617. The van der Waals surface area contributed by atoms with Gasteiger partial charge in [0.15, 0.2) is 0 Å². The van der Waals surface area contributed by atoms with Crippen LogP contribution in [0.1, 0.15) is 33.3 Å². The van der Waals surface area contributed by atoms with E-state index in [1.165, 1.54) is 6.07 Å². The van der Waals surface area contributed by atoms with Gasteiger partial charge in [-0.25, -0.2) is 4.39 Å². The van der Waals surface area contributed by atoms with Crippen molar-refractivity contribution < 1.29 is 13.7 Å². The van der Waals surface area contributed by atoms with Gasteiger partial charge in [0.05, 0.1) is 15.7 Å². The van der Waals surface area contributed by atoms with Crippen LogP contribution in [0.4, 0.5) is 4.39 Å². The molecule has 1 aliphatic rings. The van der Waals surface area contributed by atoms with Crippen LogP contribution in [0, 0.1) is 5.82 Å². The van der Waals surface area contributed by atoms with Crippen molar-refractivity contribution in [2.75, 3.05) is 0 Å². The molecule has 0 atom stereocenters. The molecular formula is C13H17BBrFO2. The average molecular weight is 315 g/mol. The molecule has 1 aromatic carbocycles. The van der Waals surface area contributed by atoms with Gasteiger partial charge in [-0.2, -0.15) is 0 Å². The number of rotatable bonds is 2. The van der Waals surface area contributed by atoms with Crippen molar-refractivity contribution >= 4 is 23.0 Å². The van der Waals surface area contributed by atoms with E-state index in [4.69, 9.17) is 9.31 Å². The highest BCUT2D eigenvalue weighted by molar-refractivity contribution is 9.10. The Morgan fingerprint density at radius 1 is 1.17 bits per heavy atom. The third kappa shape index (κ3) is 2.63. The van der Waals surface area contributed by atoms with E-state index >= 15 is 0 Å². The predicted molar refractivity (Wildman–Crippen MR) is 73.9 cm³/mol. The summed E-state index contributed by atoms with van der Waals surface area (Å²) in [5.74, 6) is -0.257. The summed E-state index contributed by atoms with van der Waals surface area (Å²) in [7, 11) is -0.285. The lowest BCUT2D eigenvalue weighted by Gasteiger charge is -2.32. The van der Waals surface area contributed by atoms with Gasteiger partial charge in [0.25, 0.3) is 0 Å². The summed E-state index contributed by atoms with van der Waals surface area (Å²) in [4.78, 5) is 0. The van der Waals surface area contributed by atoms with E-state index in [1.54, 1.807) is 12.1 Å². The Balaban J connectivity index is 2.10. The molecule has 18 heavy (non-hydrogen) atoms. The second-order valence-corrected chi connectivity index (χ2v) is 6.49. The van der Waals surface area contributed by atoms with Crippen molar-refractivity contribution in [3.63, 3.8) is 0 Å². The molecule has 1 heterocycles. The number of halogens is 2. The van der Waals surface area contributed by atoms with Crippen LogP contribution in [0.2, 0.25) is 0 Å². The van der Waals surface area contributed by atoms with Crippen molar-refractivity contribution in [3.8, 4) is 0 Å². The summed E-state index contributed by atoms with van der Waals surface area (Å²) >= 11 is 3.18. The maximum absolute atomic E-state index is 13.1. The second-order valence-electron chi connectivity index (χ2n) is 5.64. The van der Waals surface area contributed by atoms with E-state index in [1.807, 2.05) is 27.7 Å². The Kier molecular flexibility index (Phi) is 3.60. The SMILES string of the molecule is CC1(C)OB(Cc2ccc(F)c(Br)c2)OC1(C)C. The first-order valence-corrected chi connectivity index (χ1v) is 6.80. The smallest absolute Gasteiger partial charge is 0.403 e. The predicted octanol–water partition coefficient (Wildman–Crippen LogP) is 3.76. The first-order chi connectivity index (χ1) is 8.21. The molecule has 0 N–H and O–H groups in total. The van der Waals surface area contributed by atoms with Crippen LogP contribution in [0.5, 0.6) is 0 Å². The summed E-state index contributed by atoms with van der Waals surface area (Å²) in [6, 6.07) is 4.97. The third-order valence-corrected chi connectivity index (χ3v) is 4.30. The molecule has 1 aromatic rings. The number of hydrogen-bond donors (Lipinski definition) is 0. The van der Waals surface area contributed by atoms with Crippen LogP contribution in [0.25, 0.3) is 0 Å². The quantitative estimate of drug-likeness (QED) is 0.774. The molecule has 1 aliphatic heterocycles. The first kappa shape index (κ1) is 14.0. The summed E-state index contributed by atoms with van der Waals surface area (Å²) in [5.41, 5.74) is 0.339. The lowest BCUT2D eigenvalue weighted by molar-refractivity contribution is 0.00578. The highest BCUT2D eigenvalue weighted by Gasteiger charge is 2.50. The molecule has 5 heteroatoms. The molecule has 2 rings (SSSR count). The van der Waals surface area contributed by atoms with Gasteiger partial charge >= 0.3 is 7.12 Å². The van der Waals surface area contributed by atoms with Gasteiger partial charge in [-0.3, -0.25) is 0 Å². The molecular weight excluding hydrogens is 298 g/mol. The van der Waals surface area contributed by atoms with Crippen molar-refractivity contribution in [1.29, 1.82) is 0 Å². The molecule has 98 valence electrons. The third-order valence-electron chi connectivity index (χ3n) is 3.69. The highest BCUT2D eigenvalue weighted by atomic mass is 79.9. The maximum Gasteiger partial charge on any atom is 0.462 e. The van der Waals surface area contributed by atoms with Gasteiger partial charge < -0.3 is 9.31 Å². The van der Waals surface area contributed by atoms with E-state index in [0.29, 0.717) is 10.8 Å². The Labute approximate surface area is 116 Å². The van der Waals surface area contributed by atoms with E-state index in [0.717, 1.165) is 5.56 Å². The van der Waals surface area contributed by atoms with Crippen LogP contribution < -0.4 is 0 Å². The molecule has 0 aliphatic carbocycles. The zero-order chi connectivity index (χ0) is 13.6. The second kappa shape index (κ2) is 4.62. The lowest BCUT2D eigenvalue weighted by Crippen LogP contribution is -2.41. The molecule has 1 fully saturated rings. The monoisotopic (exact) mass is 314 g/mol. The van der Waals surface area contributed by atoms with Crippen molar-refractivity contribution in [2.24, 2.45) is 0 Å². The minimum absolute atomic E-state index is 0.257. The van der Waals surface area contributed by atoms with Crippen LogP contribution in [0.3, 0.4) is 0 Å². The van der Waals surface area contributed by atoms with E-state index in [2.05, 4.69) is 15.9 Å². The fraction of sp³-hybridized carbons (Fsp3) is 0.538. The normalized spacial score (nSPS) is 21.3. The van der Waals surface area contributed by atoms with Crippen molar-refractivity contribution in [3.05, 3.63) is 34.1 Å². The Morgan fingerprint density at radius 3 is 2.22 bits per heavy atom. The standard InChI is InChI=1S/C13H17BBrFO2/c1-12(2)13(3,4)18-14(17-12)8-9-5-6-11(16)10(15)7-9/h5-7H,8H2,1-4H3. The summed E-state index contributed by atoms with van der Waals surface area (Å²) in [6.45, 7) is 8.09. The van der Waals surface area contributed by atoms with Gasteiger partial charge in [-0.15, -0.1) is 0 Å². The first-order valence-electron chi connectivity index (χ1n) is 6.01. The molecule has 0 spiro atoms. The number of benzene rings is 1. The van der Waals surface area contributed by atoms with E-state index in [-0.39, 0.29) is 24.1 Å². The average Bonchev–Trinajstić information content (AvgIpc) is 2.41. The maximum atomic E-state index is 13.1. The minimum Gasteiger partial charge on any atom is -0.403 e. The molecule has 1 saturated heterocycles. The molecule has 0 unspecified atom stereocenters. The summed E-state index contributed by atoms with van der Waals surface area (Å²) < 4.78 is 25.4. The minimum atomic E-state index is -0.324. The van der Waals surface area contributed by atoms with Crippen LogP contribution in [-0.4, -0.2) is 18.3 Å². The van der Waals surface area contributed by atoms with Gasteiger partial charge in [-0.1, -0.05) is 6.07 Å². The van der Waals surface area contributed by atoms with E-state index < -0.39 is 0 Å². The Bertz CT molecular complexity index is 446. The van der Waals surface area contributed by atoms with Crippen molar-refractivity contribution in [1.82, 2.24) is 0 Å². The van der Waals surface area contributed by atoms with Gasteiger partial charge in [0.2, 0.25) is 0 Å². The molecule has 0 saturated carbocycles. The zero-order valence-corrected chi connectivity index (χ0v) is 12.7. The van der Waals surface area contributed by atoms with E-state index in [9.17, 15) is 4.39 Å². The zero-order valence-electron chi connectivity index (χ0n) is 11.1. The Morgan fingerprint density at radius 2 is 1.72 bits per heavy atom. The topological polar surface area (TPSA) is 18.5 Å². The summed E-state index contributed by atoms with van der Waals surface area (Å²) in [5, 5.41) is 0. The largest absolute Gasteiger partial charge is 0.462 e. The van der Waals surface area contributed by atoms with Gasteiger partial charge in [0.1, 0.15) is 5.82 Å². The van der Waals surface area contributed by atoms with Gasteiger partial charge in [-0.05, 0) is 61.3 Å². The fourth-order valence-corrected chi connectivity index (χ4v) is 2.33. The highest BCUT2D eigenvalue weighted by Crippen LogP contribution is 2.37. The van der Waals surface area contributed by atoms with Gasteiger partial charge in [0, 0.05) is 6.32 Å².